The maximum atomic E-state index is 12.7. The summed E-state index contributed by atoms with van der Waals surface area (Å²) in [5.74, 6) is 0.929. The van der Waals surface area contributed by atoms with Gasteiger partial charge in [0.15, 0.2) is 0 Å². The van der Waals surface area contributed by atoms with Gasteiger partial charge >= 0.3 is 6.03 Å². The first-order chi connectivity index (χ1) is 9.58. The van der Waals surface area contributed by atoms with Gasteiger partial charge in [0.1, 0.15) is 5.78 Å². The fourth-order valence-corrected chi connectivity index (χ4v) is 3.35. The lowest BCUT2D eigenvalue weighted by Gasteiger charge is -2.37. The molecule has 4 heteroatoms. The Labute approximate surface area is 122 Å². The van der Waals surface area contributed by atoms with Gasteiger partial charge in [-0.1, -0.05) is 19.8 Å². The van der Waals surface area contributed by atoms with Crippen LogP contribution in [0.15, 0.2) is 0 Å². The highest BCUT2D eigenvalue weighted by molar-refractivity contribution is 5.79. The van der Waals surface area contributed by atoms with Crippen LogP contribution in [-0.4, -0.2) is 47.3 Å². The second kappa shape index (κ2) is 7.09. The van der Waals surface area contributed by atoms with Gasteiger partial charge in [-0.2, -0.15) is 0 Å². The summed E-state index contributed by atoms with van der Waals surface area (Å²) in [7, 11) is 0. The lowest BCUT2D eigenvalue weighted by Crippen LogP contribution is -2.50. The monoisotopic (exact) mass is 280 g/mol. The number of piperidine rings is 1. The van der Waals surface area contributed by atoms with Gasteiger partial charge in [0.2, 0.25) is 0 Å². The van der Waals surface area contributed by atoms with Crippen LogP contribution in [0.4, 0.5) is 4.79 Å². The van der Waals surface area contributed by atoms with Crippen LogP contribution in [0.2, 0.25) is 0 Å². The molecule has 0 aromatic rings. The first kappa shape index (κ1) is 15.3. The number of ketones is 1. The van der Waals surface area contributed by atoms with E-state index in [2.05, 4.69) is 6.92 Å². The first-order valence-electron chi connectivity index (χ1n) is 8.13. The van der Waals surface area contributed by atoms with Gasteiger partial charge in [-0.05, 0) is 38.5 Å². The van der Waals surface area contributed by atoms with E-state index in [1.165, 1.54) is 6.42 Å². The summed E-state index contributed by atoms with van der Waals surface area (Å²) in [6.45, 7) is 6.47. The Morgan fingerprint density at radius 2 is 1.70 bits per heavy atom. The smallest absolute Gasteiger partial charge is 0.320 e. The zero-order valence-corrected chi connectivity index (χ0v) is 12.9. The van der Waals surface area contributed by atoms with Crippen LogP contribution >= 0.6 is 0 Å². The minimum absolute atomic E-state index is 0.127. The van der Waals surface area contributed by atoms with Gasteiger partial charge in [0.05, 0.1) is 0 Å². The molecule has 2 heterocycles. The number of carbonyl (C=O) groups excluding carboxylic acids is 2. The molecule has 0 spiro atoms. The fraction of sp³-hybridized carbons (Fsp3) is 0.875. The van der Waals surface area contributed by atoms with Crippen LogP contribution in [0.3, 0.4) is 0 Å². The molecule has 2 aliphatic heterocycles. The lowest BCUT2D eigenvalue weighted by atomic mass is 9.99. The number of carbonyl (C=O) groups is 2. The summed E-state index contributed by atoms with van der Waals surface area (Å²) in [5, 5.41) is 0. The third kappa shape index (κ3) is 3.97. The minimum atomic E-state index is 0.127. The van der Waals surface area contributed by atoms with Gasteiger partial charge in [0.25, 0.3) is 0 Å². The van der Waals surface area contributed by atoms with Crippen LogP contribution in [0.25, 0.3) is 0 Å². The van der Waals surface area contributed by atoms with E-state index in [1.54, 1.807) is 6.92 Å². The molecule has 2 saturated heterocycles. The Kier molecular flexibility index (Phi) is 5.44. The number of rotatable bonds is 2. The Morgan fingerprint density at radius 1 is 1.00 bits per heavy atom. The van der Waals surface area contributed by atoms with Crippen LogP contribution < -0.4 is 0 Å². The predicted octanol–water partition coefficient (Wildman–Crippen LogP) is 3.06. The second-order valence-corrected chi connectivity index (χ2v) is 6.55. The molecule has 0 aromatic carbocycles. The average Bonchev–Trinajstić information content (AvgIpc) is 2.63. The van der Waals surface area contributed by atoms with Gasteiger partial charge in [-0.15, -0.1) is 0 Å². The molecule has 2 aliphatic rings. The van der Waals surface area contributed by atoms with Gasteiger partial charge in [0, 0.05) is 32.1 Å². The summed E-state index contributed by atoms with van der Waals surface area (Å²) >= 11 is 0. The number of Topliss-reactive ketones (excluding diaryl/α,β-unsaturated/α-hetero) is 1. The molecule has 2 rings (SSSR count). The van der Waals surface area contributed by atoms with Crippen molar-refractivity contribution in [2.75, 3.05) is 19.6 Å². The SMILES string of the molecule is CC(=O)CC1CCCCCN1C(=O)N1CCC(C)CC1. The number of hydrogen-bond acceptors (Lipinski definition) is 2. The summed E-state index contributed by atoms with van der Waals surface area (Å²) in [4.78, 5) is 28.2. The molecule has 0 N–H and O–H groups in total. The minimum Gasteiger partial charge on any atom is -0.325 e. The van der Waals surface area contributed by atoms with Gasteiger partial charge in [-0.25, -0.2) is 4.79 Å². The lowest BCUT2D eigenvalue weighted by molar-refractivity contribution is -0.118. The molecule has 0 radical (unpaired) electrons. The van der Waals surface area contributed by atoms with E-state index in [9.17, 15) is 9.59 Å². The molecule has 20 heavy (non-hydrogen) atoms. The van der Waals surface area contributed by atoms with Crippen molar-refractivity contribution in [3.8, 4) is 0 Å². The van der Waals surface area contributed by atoms with E-state index in [0.29, 0.717) is 6.42 Å². The predicted molar refractivity (Wildman–Crippen MR) is 79.6 cm³/mol. The average molecular weight is 280 g/mol. The van der Waals surface area contributed by atoms with Gasteiger partial charge in [-0.3, -0.25) is 4.79 Å². The van der Waals surface area contributed by atoms with E-state index in [-0.39, 0.29) is 17.9 Å². The maximum Gasteiger partial charge on any atom is 0.320 e. The highest BCUT2D eigenvalue weighted by Gasteiger charge is 2.30. The van der Waals surface area contributed by atoms with Crippen molar-refractivity contribution >= 4 is 11.8 Å². The molecule has 114 valence electrons. The molecule has 0 aliphatic carbocycles. The van der Waals surface area contributed by atoms with E-state index in [0.717, 1.165) is 57.7 Å². The van der Waals surface area contributed by atoms with Crippen molar-refractivity contribution in [2.24, 2.45) is 5.92 Å². The van der Waals surface area contributed by atoms with Crippen LogP contribution in [0, 0.1) is 5.92 Å². The molecule has 2 fully saturated rings. The van der Waals surface area contributed by atoms with Crippen molar-refractivity contribution in [1.82, 2.24) is 9.80 Å². The van der Waals surface area contributed by atoms with Crippen LogP contribution in [0.5, 0.6) is 0 Å². The Morgan fingerprint density at radius 3 is 2.35 bits per heavy atom. The number of nitrogens with zero attached hydrogens (tertiary/aromatic N) is 2. The quantitative estimate of drug-likeness (QED) is 0.780. The Bertz CT molecular complexity index is 348. The van der Waals surface area contributed by atoms with Crippen molar-refractivity contribution in [3.63, 3.8) is 0 Å². The summed E-state index contributed by atoms with van der Waals surface area (Å²) in [6.07, 6.45) is 7.11. The van der Waals surface area contributed by atoms with Crippen molar-refractivity contribution in [2.45, 2.75) is 64.8 Å². The topological polar surface area (TPSA) is 40.6 Å². The van der Waals surface area contributed by atoms with Crippen molar-refractivity contribution in [3.05, 3.63) is 0 Å². The molecule has 0 saturated carbocycles. The summed E-state index contributed by atoms with van der Waals surface area (Å²) in [5.41, 5.74) is 0. The highest BCUT2D eigenvalue weighted by Crippen LogP contribution is 2.23. The highest BCUT2D eigenvalue weighted by atomic mass is 16.2. The second-order valence-electron chi connectivity index (χ2n) is 6.55. The number of hydrogen-bond donors (Lipinski definition) is 0. The third-order valence-corrected chi connectivity index (χ3v) is 4.70. The normalized spacial score (nSPS) is 25.4. The van der Waals surface area contributed by atoms with E-state index < -0.39 is 0 Å². The van der Waals surface area contributed by atoms with E-state index in [1.807, 2.05) is 9.80 Å². The maximum absolute atomic E-state index is 12.7. The zero-order chi connectivity index (χ0) is 14.5. The summed E-state index contributed by atoms with van der Waals surface area (Å²) < 4.78 is 0. The molecule has 2 amide bonds. The van der Waals surface area contributed by atoms with E-state index >= 15 is 0 Å². The first-order valence-corrected chi connectivity index (χ1v) is 8.13. The van der Waals surface area contributed by atoms with Gasteiger partial charge < -0.3 is 9.80 Å². The molecular formula is C16H28N2O2. The van der Waals surface area contributed by atoms with Crippen LogP contribution in [-0.2, 0) is 4.79 Å². The zero-order valence-electron chi connectivity index (χ0n) is 12.9. The van der Waals surface area contributed by atoms with Crippen molar-refractivity contribution in [1.29, 1.82) is 0 Å². The standard InChI is InChI=1S/C16H28N2O2/c1-13-7-10-17(11-8-13)16(20)18-9-5-3-4-6-15(18)12-14(2)19/h13,15H,3-12H2,1-2H3. The number of likely N-dealkylation sites (tertiary alicyclic amines) is 2. The Hall–Kier alpha value is -1.06. The molecule has 1 unspecified atom stereocenters. The largest absolute Gasteiger partial charge is 0.325 e. The van der Waals surface area contributed by atoms with Crippen molar-refractivity contribution < 1.29 is 9.59 Å². The van der Waals surface area contributed by atoms with E-state index in [4.69, 9.17) is 0 Å². The molecule has 1 atom stereocenters. The number of urea groups is 1. The molecule has 0 aromatic heterocycles. The van der Waals surface area contributed by atoms with Crippen LogP contribution in [0.1, 0.15) is 58.8 Å². The summed E-state index contributed by atoms with van der Waals surface area (Å²) in [6, 6.07) is 0.298. The fourth-order valence-electron chi connectivity index (χ4n) is 3.35. The molecule has 0 bridgehead atoms. The molecule has 4 nitrogen and oxygen atoms in total. The Balaban J connectivity index is 2.01. The number of amides is 2. The molecular weight excluding hydrogens is 252 g/mol. The third-order valence-electron chi connectivity index (χ3n) is 4.70.